The van der Waals surface area contributed by atoms with Crippen LogP contribution in [-0.2, 0) is 4.79 Å². The van der Waals surface area contributed by atoms with Gasteiger partial charge in [0.05, 0.1) is 22.2 Å². The first-order chi connectivity index (χ1) is 15.4. The van der Waals surface area contributed by atoms with Crippen molar-refractivity contribution in [2.45, 2.75) is 52.4 Å². The summed E-state index contributed by atoms with van der Waals surface area (Å²) in [6.45, 7) is 6.52. The topological polar surface area (TPSA) is 53.5 Å². The number of nitrogens with zero attached hydrogens (tertiary/aromatic N) is 3. The third-order valence-electron chi connectivity index (χ3n) is 8.74. The normalized spacial score (nSPS) is 31.4. The summed E-state index contributed by atoms with van der Waals surface area (Å²) >= 11 is 0. The van der Waals surface area contributed by atoms with Crippen molar-refractivity contribution in [3.05, 3.63) is 41.1 Å². The van der Waals surface area contributed by atoms with E-state index in [4.69, 9.17) is 0 Å². The Hall–Kier alpha value is -2.43. The van der Waals surface area contributed by atoms with E-state index < -0.39 is 0 Å². The van der Waals surface area contributed by atoms with Crippen molar-refractivity contribution in [2.24, 2.45) is 23.2 Å². The Balaban J connectivity index is 1.16. The van der Waals surface area contributed by atoms with Gasteiger partial charge in [0, 0.05) is 31.6 Å². The van der Waals surface area contributed by atoms with Crippen molar-refractivity contribution < 1.29 is 9.59 Å². The molecule has 4 saturated carbocycles. The molecule has 0 atom stereocenters. The lowest BCUT2D eigenvalue weighted by molar-refractivity contribution is -0.159. The monoisotopic (exact) mass is 431 g/mol. The maximum atomic E-state index is 13.6. The van der Waals surface area contributed by atoms with E-state index in [2.05, 4.69) is 28.9 Å². The fourth-order valence-electron chi connectivity index (χ4n) is 7.60. The van der Waals surface area contributed by atoms with Gasteiger partial charge in [0.2, 0.25) is 5.91 Å². The highest BCUT2D eigenvalue weighted by Gasteiger charge is 2.55. The lowest BCUT2D eigenvalue weighted by atomic mass is 9.49. The summed E-state index contributed by atoms with van der Waals surface area (Å²) < 4.78 is 0. The molecule has 1 aromatic heterocycles. The number of pyridine rings is 1. The third-order valence-corrected chi connectivity index (χ3v) is 8.74. The van der Waals surface area contributed by atoms with Gasteiger partial charge in [-0.25, -0.2) is 0 Å². The Morgan fingerprint density at radius 2 is 1.47 bits per heavy atom. The molecular weight excluding hydrogens is 398 g/mol. The van der Waals surface area contributed by atoms with E-state index in [9.17, 15) is 9.59 Å². The van der Waals surface area contributed by atoms with Crippen LogP contribution in [0.4, 0.5) is 0 Å². The molecule has 5 nitrogen and oxygen atoms in total. The molecule has 1 aromatic carbocycles. The minimum Gasteiger partial charge on any atom is -0.339 e. The molecule has 1 saturated heterocycles. The first kappa shape index (κ1) is 20.2. The lowest BCUT2D eigenvalue weighted by Crippen LogP contribution is -2.58. The number of aromatic nitrogens is 1. The van der Waals surface area contributed by atoms with Crippen molar-refractivity contribution in [1.82, 2.24) is 14.8 Å². The number of aryl methyl sites for hydroxylation is 2. The van der Waals surface area contributed by atoms with Gasteiger partial charge >= 0.3 is 0 Å². The zero-order valence-corrected chi connectivity index (χ0v) is 19.3. The molecule has 0 radical (unpaired) electrons. The van der Waals surface area contributed by atoms with Crippen LogP contribution in [0, 0.1) is 37.0 Å². The van der Waals surface area contributed by atoms with E-state index in [-0.39, 0.29) is 11.3 Å². The standard InChI is InChI=1S/C27H33N3O2/c1-17-3-4-24-22(9-17)13-23(18(2)28-24)25(31)29-5-7-30(8-6-29)26(32)27-14-19-10-20(15-27)12-21(11-19)16-27/h3-4,9,13,19-21H,5-8,10-12,14-16H2,1-2H3. The fraction of sp³-hybridized carbons (Fsp3) is 0.593. The Bertz CT molecular complexity index is 1060. The van der Waals surface area contributed by atoms with E-state index in [0.29, 0.717) is 37.6 Å². The number of rotatable bonds is 2. The van der Waals surface area contributed by atoms with Gasteiger partial charge in [-0.2, -0.15) is 0 Å². The van der Waals surface area contributed by atoms with Gasteiger partial charge in [-0.15, -0.1) is 0 Å². The number of fused-ring (bicyclic) bond motifs is 1. The number of piperazine rings is 1. The van der Waals surface area contributed by atoms with E-state index >= 15 is 0 Å². The molecule has 4 bridgehead atoms. The van der Waals surface area contributed by atoms with Crippen LogP contribution < -0.4 is 0 Å². The second-order valence-corrected chi connectivity index (χ2v) is 11.1. The highest BCUT2D eigenvalue weighted by atomic mass is 16.2. The van der Waals surface area contributed by atoms with Crippen LogP contribution in [0.15, 0.2) is 24.3 Å². The molecule has 0 spiro atoms. The van der Waals surface area contributed by atoms with Gasteiger partial charge in [-0.05, 0) is 88.3 Å². The predicted molar refractivity (Wildman–Crippen MR) is 124 cm³/mol. The molecule has 5 aliphatic rings. The zero-order valence-electron chi connectivity index (χ0n) is 19.3. The predicted octanol–water partition coefficient (Wildman–Crippen LogP) is 4.35. The molecule has 7 rings (SSSR count). The molecular formula is C27H33N3O2. The van der Waals surface area contributed by atoms with E-state index in [1.165, 1.54) is 24.8 Å². The maximum Gasteiger partial charge on any atom is 0.255 e. The number of carbonyl (C=O) groups is 2. The fourth-order valence-corrected chi connectivity index (χ4v) is 7.60. The first-order valence-electron chi connectivity index (χ1n) is 12.4. The highest BCUT2D eigenvalue weighted by Crippen LogP contribution is 2.60. The smallest absolute Gasteiger partial charge is 0.255 e. The average Bonchev–Trinajstić information content (AvgIpc) is 2.77. The van der Waals surface area contributed by atoms with Gasteiger partial charge < -0.3 is 9.80 Å². The minimum atomic E-state index is -0.0857. The third kappa shape index (κ3) is 3.23. The number of hydrogen-bond donors (Lipinski definition) is 0. The zero-order chi connectivity index (χ0) is 22.0. The van der Waals surface area contributed by atoms with Crippen molar-refractivity contribution in [2.75, 3.05) is 26.2 Å². The highest BCUT2D eigenvalue weighted by molar-refractivity contribution is 5.99. The summed E-state index contributed by atoms with van der Waals surface area (Å²) in [5.41, 5.74) is 3.47. The molecule has 5 fully saturated rings. The van der Waals surface area contributed by atoms with Gasteiger partial charge in [0.1, 0.15) is 0 Å². The van der Waals surface area contributed by atoms with Crippen molar-refractivity contribution in [3.8, 4) is 0 Å². The van der Waals surface area contributed by atoms with Crippen LogP contribution in [0.2, 0.25) is 0 Å². The molecule has 2 aromatic rings. The van der Waals surface area contributed by atoms with Crippen LogP contribution in [0.1, 0.15) is 60.1 Å². The SMILES string of the molecule is Cc1ccc2nc(C)c(C(=O)N3CCN(C(=O)C45CC6CC(CC(C6)C4)C5)CC3)cc2c1. The second kappa shape index (κ2) is 7.29. The summed E-state index contributed by atoms with van der Waals surface area (Å²) in [6.07, 6.45) is 7.39. The quantitative estimate of drug-likeness (QED) is 0.710. The summed E-state index contributed by atoms with van der Waals surface area (Å²) in [6, 6.07) is 8.14. The maximum absolute atomic E-state index is 13.6. The molecule has 32 heavy (non-hydrogen) atoms. The lowest BCUT2D eigenvalue weighted by Gasteiger charge is -2.57. The average molecular weight is 432 g/mol. The summed E-state index contributed by atoms with van der Waals surface area (Å²) in [5, 5.41) is 1.01. The van der Waals surface area contributed by atoms with Gasteiger partial charge in [-0.3, -0.25) is 14.6 Å². The summed E-state index contributed by atoms with van der Waals surface area (Å²) in [7, 11) is 0. The molecule has 5 heteroatoms. The van der Waals surface area contributed by atoms with Gasteiger partial charge in [-0.1, -0.05) is 11.6 Å². The minimum absolute atomic E-state index is 0.0420. The molecule has 2 amide bonds. The van der Waals surface area contributed by atoms with Crippen molar-refractivity contribution >= 4 is 22.7 Å². The van der Waals surface area contributed by atoms with E-state index in [0.717, 1.165) is 53.6 Å². The van der Waals surface area contributed by atoms with Crippen LogP contribution in [-0.4, -0.2) is 52.8 Å². The van der Waals surface area contributed by atoms with E-state index in [1.54, 1.807) is 0 Å². The molecule has 2 heterocycles. The number of carbonyl (C=O) groups excluding carboxylic acids is 2. The largest absolute Gasteiger partial charge is 0.339 e. The summed E-state index contributed by atoms with van der Waals surface area (Å²) in [4.78, 5) is 35.6. The summed E-state index contributed by atoms with van der Waals surface area (Å²) in [5.74, 6) is 2.77. The molecule has 168 valence electrons. The van der Waals surface area contributed by atoms with Gasteiger partial charge in [0.25, 0.3) is 5.91 Å². The number of amides is 2. The molecule has 4 aliphatic carbocycles. The van der Waals surface area contributed by atoms with Crippen LogP contribution in [0.3, 0.4) is 0 Å². The van der Waals surface area contributed by atoms with Crippen LogP contribution in [0.25, 0.3) is 10.9 Å². The number of benzene rings is 1. The molecule has 0 N–H and O–H groups in total. The Morgan fingerprint density at radius 1 is 0.875 bits per heavy atom. The molecule has 0 unspecified atom stereocenters. The van der Waals surface area contributed by atoms with Crippen LogP contribution in [0.5, 0.6) is 0 Å². The Morgan fingerprint density at radius 3 is 2.09 bits per heavy atom. The second-order valence-electron chi connectivity index (χ2n) is 11.1. The molecule has 1 aliphatic heterocycles. The van der Waals surface area contributed by atoms with Crippen molar-refractivity contribution in [1.29, 1.82) is 0 Å². The number of hydrogen-bond acceptors (Lipinski definition) is 3. The van der Waals surface area contributed by atoms with Crippen LogP contribution >= 0.6 is 0 Å². The van der Waals surface area contributed by atoms with E-state index in [1.807, 2.05) is 24.0 Å². The van der Waals surface area contributed by atoms with Gasteiger partial charge in [0.15, 0.2) is 0 Å². The Labute approximate surface area is 190 Å². The van der Waals surface area contributed by atoms with Crippen molar-refractivity contribution in [3.63, 3.8) is 0 Å². The Kier molecular flexibility index (Phi) is 4.60. The first-order valence-corrected chi connectivity index (χ1v) is 12.4.